The zero-order valence-corrected chi connectivity index (χ0v) is 11.7. The molecule has 0 saturated heterocycles. The summed E-state index contributed by atoms with van der Waals surface area (Å²) in [6.45, 7) is 4.10. The molecule has 0 spiro atoms. The Hall–Kier alpha value is -2.21. The van der Waals surface area contributed by atoms with Crippen molar-refractivity contribution in [3.05, 3.63) is 39.9 Å². The third-order valence-corrected chi connectivity index (χ3v) is 3.12. The van der Waals surface area contributed by atoms with Crippen molar-refractivity contribution >= 4 is 16.8 Å². The van der Waals surface area contributed by atoms with Crippen LogP contribution < -0.4 is 11.0 Å². The average molecular weight is 275 g/mol. The number of rotatable bonds is 3. The Balaban J connectivity index is 2.65. The van der Waals surface area contributed by atoms with E-state index in [1.807, 2.05) is 13.8 Å². The second-order valence-electron chi connectivity index (χ2n) is 5.16. The first-order chi connectivity index (χ1) is 9.43. The maximum atomic E-state index is 12.3. The number of fused-ring (bicyclic) bond motifs is 1. The summed E-state index contributed by atoms with van der Waals surface area (Å²) in [6, 6.07) is 4.54. The molecular formula is C14H17N3O3. The molecular weight excluding hydrogens is 258 g/mol. The number of hydroxylamine groups is 1. The van der Waals surface area contributed by atoms with Gasteiger partial charge in [0.1, 0.15) is 5.82 Å². The van der Waals surface area contributed by atoms with Crippen LogP contribution >= 0.6 is 0 Å². The summed E-state index contributed by atoms with van der Waals surface area (Å²) in [5.74, 6) is 0.424. The molecule has 0 unspecified atom stereocenters. The van der Waals surface area contributed by atoms with Gasteiger partial charge < -0.3 is 0 Å². The highest BCUT2D eigenvalue weighted by Gasteiger charge is 2.12. The fourth-order valence-electron chi connectivity index (χ4n) is 2.07. The molecule has 1 heterocycles. The summed E-state index contributed by atoms with van der Waals surface area (Å²) >= 11 is 0. The van der Waals surface area contributed by atoms with E-state index in [-0.39, 0.29) is 11.1 Å². The number of nitrogens with one attached hydrogen (secondary N) is 1. The fourth-order valence-corrected chi connectivity index (χ4v) is 2.07. The number of nitrogens with zero attached hydrogens (tertiary/aromatic N) is 2. The quantitative estimate of drug-likeness (QED) is 0.652. The lowest BCUT2D eigenvalue weighted by molar-refractivity contribution is 0.0706. The van der Waals surface area contributed by atoms with Crippen LogP contribution in [0.3, 0.4) is 0 Å². The minimum Gasteiger partial charge on any atom is -0.299 e. The smallest absolute Gasteiger partial charge is 0.274 e. The van der Waals surface area contributed by atoms with Crippen molar-refractivity contribution in [1.82, 2.24) is 15.0 Å². The average Bonchev–Trinajstić information content (AvgIpc) is 2.42. The van der Waals surface area contributed by atoms with Gasteiger partial charge in [-0.1, -0.05) is 13.8 Å². The molecule has 0 aliphatic carbocycles. The molecule has 6 nitrogen and oxygen atoms in total. The van der Waals surface area contributed by atoms with Crippen molar-refractivity contribution in [2.24, 2.45) is 13.0 Å². The largest absolute Gasteiger partial charge is 0.299 e. The number of hydrogen-bond acceptors (Lipinski definition) is 4. The number of carbonyl (C=O) groups is 1. The molecule has 0 radical (unpaired) electrons. The molecule has 2 rings (SSSR count). The number of benzene rings is 1. The predicted octanol–water partition coefficient (Wildman–Crippen LogP) is 1.25. The third kappa shape index (κ3) is 2.55. The molecule has 2 aromatic rings. The summed E-state index contributed by atoms with van der Waals surface area (Å²) in [5, 5.41) is 9.10. The van der Waals surface area contributed by atoms with Crippen molar-refractivity contribution in [2.45, 2.75) is 20.3 Å². The van der Waals surface area contributed by atoms with E-state index >= 15 is 0 Å². The zero-order chi connectivity index (χ0) is 14.9. The monoisotopic (exact) mass is 275 g/mol. The molecule has 0 fully saturated rings. The second kappa shape index (κ2) is 5.42. The summed E-state index contributed by atoms with van der Waals surface area (Å²) < 4.78 is 1.54. The Morgan fingerprint density at radius 1 is 1.45 bits per heavy atom. The highest BCUT2D eigenvalue weighted by atomic mass is 16.5. The Bertz CT molecular complexity index is 719. The lowest BCUT2D eigenvalue weighted by Crippen LogP contribution is -2.24. The van der Waals surface area contributed by atoms with E-state index in [1.54, 1.807) is 18.6 Å². The van der Waals surface area contributed by atoms with Crippen LogP contribution in [0, 0.1) is 5.92 Å². The Morgan fingerprint density at radius 3 is 2.75 bits per heavy atom. The van der Waals surface area contributed by atoms with Crippen LogP contribution in [-0.4, -0.2) is 20.7 Å². The van der Waals surface area contributed by atoms with Gasteiger partial charge >= 0.3 is 0 Å². The van der Waals surface area contributed by atoms with E-state index < -0.39 is 5.91 Å². The Labute approximate surface area is 116 Å². The van der Waals surface area contributed by atoms with Gasteiger partial charge in [-0.25, -0.2) is 10.5 Å². The molecule has 0 bridgehead atoms. The summed E-state index contributed by atoms with van der Waals surface area (Å²) in [7, 11) is 1.70. The van der Waals surface area contributed by atoms with Crippen LogP contribution in [0.4, 0.5) is 0 Å². The zero-order valence-electron chi connectivity index (χ0n) is 11.7. The van der Waals surface area contributed by atoms with Gasteiger partial charge in [0.15, 0.2) is 0 Å². The van der Waals surface area contributed by atoms with E-state index in [1.165, 1.54) is 16.7 Å². The molecule has 0 aliphatic heterocycles. The van der Waals surface area contributed by atoms with Crippen molar-refractivity contribution in [3.63, 3.8) is 0 Å². The number of amides is 1. The van der Waals surface area contributed by atoms with Crippen molar-refractivity contribution < 1.29 is 10.0 Å². The lowest BCUT2D eigenvalue weighted by atomic mass is 10.1. The minimum absolute atomic E-state index is 0.137. The first-order valence-corrected chi connectivity index (χ1v) is 6.38. The molecule has 0 atom stereocenters. The molecule has 2 N–H and O–H groups in total. The third-order valence-electron chi connectivity index (χ3n) is 3.12. The fraction of sp³-hybridized carbons (Fsp3) is 0.357. The Kier molecular flexibility index (Phi) is 3.85. The van der Waals surface area contributed by atoms with Crippen molar-refractivity contribution in [1.29, 1.82) is 0 Å². The van der Waals surface area contributed by atoms with Crippen LogP contribution in [0.1, 0.15) is 30.0 Å². The molecule has 1 amide bonds. The van der Waals surface area contributed by atoms with E-state index in [0.717, 1.165) is 0 Å². The van der Waals surface area contributed by atoms with Gasteiger partial charge in [0.05, 0.1) is 10.9 Å². The normalized spacial score (nSPS) is 11.1. The van der Waals surface area contributed by atoms with Crippen LogP contribution in [0.2, 0.25) is 0 Å². The predicted molar refractivity (Wildman–Crippen MR) is 74.8 cm³/mol. The molecule has 0 aliphatic rings. The molecule has 1 aromatic heterocycles. The lowest BCUT2D eigenvalue weighted by Gasteiger charge is -2.11. The maximum Gasteiger partial charge on any atom is 0.274 e. The SMILES string of the molecule is CC(C)Cc1nc2cc(C(=O)NO)ccc2c(=O)n1C. The maximum absolute atomic E-state index is 12.3. The van der Waals surface area contributed by atoms with Crippen LogP contribution in [0.5, 0.6) is 0 Å². The van der Waals surface area contributed by atoms with Gasteiger partial charge in [-0.3, -0.25) is 19.4 Å². The standard InChI is InChI=1S/C14H17N3O3/c1-8(2)6-12-15-11-7-9(13(18)16-20)4-5-10(11)14(19)17(12)3/h4-5,7-8,20H,6H2,1-3H3,(H,16,18). The highest BCUT2D eigenvalue weighted by molar-refractivity contribution is 5.96. The van der Waals surface area contributed by atoms with E-state index in [4.69, 9.17) is 5.21 Å². The molecule has 20 heavy (non-hydrogen) atoms. The second-order valence-corrected chi connectivity index (χ2v) is 5.16. The van der Waals surface area contributed by atoms with Gasteiger partial charge in [0.25, 0.3) is 11.5 Å². The summed E-state index contributed by atoms with van der Waals surface area (Å²) in [6.07, 6.45) is 0.679. The van der Waals surface area contributed by atoms with Crippen LogP contribution in [0.25, 0.3) is 10.9 Å². The van der Waals surface area contributed by atoms with Crippen molar-refractivity contribution in [2.75, 3.05) is 0 Å². The number of hydrogen-bond donors (Lipinski definition) is 2. The van der Waals surface area contributed by atoms with E-state index in [9.17, 15) is 9.59 Å². The molecule has 6 heteroatoms. The highest BCUT2D eigenvalue weighted by Crippen LogP contribution is 2.13. The van der Waals surface area contributed by atoms with Crippen molar-refractivity contribution in [3.8, 4) is 0 Å². The topological polar surface area (TPSA) is 84.2 Å². The van der Waals surface area contributed by atoms with Gasteiger partial charge in [0, 0.05) is 19.0 Å². The molecule has 1 aromatic carbocycles. The van der Waals surface area contributed by atoms with Gasteiger partial charge in [-0.15, -0.1) is 0 Å². The molecule has 106 valence electrons. The van der Waals surface area contributed by atoms with Gasteiger partial charge in [0.2, 0.25) is 0 Å². The van der Waals surface area contributed by atoms with Gasteiger partial charge in [-0.2, -0.15) is 0 Å². The first-order valence-electron chi connectivity index (χ1n) is 6.38. The van der Waals surface area contributed by atoms with Gasteiger partial charge in [-0.05, 0) is 24.1 Å². The summed E-state index contributed by atoms with van der Waals surface area (Å²) in [5.41, 5.74) is 2.15. The summed E-state index contributed by atoms with van der Waals surface area (Å²) in [4.78, 5) is 28.1. The molecule has 0 saturated carbocycles. The van der Waals surface area contributed by atoms with E-state index in [2.05, 4.69) is 4.98 Å². The van der Waals surface area contributed by atoms with E-state index in [0.29, 0.717) is 29.1 Å². The minimum atomic E-state index is -0.625. The number of carbonyl (C=O) groups excluding carboxylic acids is 1. The first kappa shape index (κ1) is 14.2. The van der Waals surface area contributed by atoms with Crippen LogP contribution in [-0.2, 0) is 13.5 Å². The number of aromatic nitrogens is 2. The Morgan fingerprint density at radius 2 is 2.15 bits per heavy atom. The van der Waals surface area contributed by atoms with Crippen LogP contribution in [0.15, 0.2) is 23.0 Å².